The minimum Gasteiger partial charge on any atom is -0.394 e. The predicted molar refractivity (Wildman–Crippen MR) is 91.8 cm³/mol. The highest BCUT2D eigenvalue weighted by atomic mass is 16.7. The van der Waals surface area contributed by atoms with Crippen LogP contribution in [0.1, 0.15) is 13.8 Å². The van der Waals surface area contributed by atoms with Crippen LogP contribution in [0.2, 0.25) is 0 Å². The van der Waals surface area contributed by atoms with Crippen molar-refractivity contribution >= 4 is 11.8 Å². The third-order valence-corrected chi connectivity index (χ3v) is 4.78. The van der Waals surface area contributed by atoms with E-state index in [9.17, 15) is 40.2 Å². The van der Waals surface area contributed by atoms with Crippen molar-refractivity contribution in [2.45, 2.75) is 75.1 Å². The number of nitrogens with one attached hydrogen (secondary N) is 2. The van der Waals surface area contributed by atoms with E-state index in [1.54, 1.807) is 0 Å². The molecule has 0 aromatic carbocycles. The van der Waals surface area contributed by atoms with Gasteiger partial charge in [-0.15, -0.1) is 0 Å². The van der Waals surface area contributed by atoms with Crippen LogP contribution in [0, 0.1) is 0 Å². The van der Waals surface area contributed by atoms with Gasteiger partial charge in [-0.3, -0.25) is 9.59 Å². The molecule has 2 aliphatic rings. The summed E-state index contributed by atoms with van der Waals surface area (Å²) in [5.41, 5.74) is 0. The summed E-state index contributed by atoms with van der Waals surface area (Å²) in [5, 5.41) is 64.5. The number of aliphatic hydroxyl groups excluding tert-OH is 6. The maximum absolute atomic E-state index is 11.5. The molecule has 0 saturated carbocycles. The Morgan fingerprint density at radius 2 is 1.38 bits per heavy atom. The molecule has 2 rings (SSSR count). The molecule has 0 aromatic heterocycles. The normalized spacial score (nSPS) is 42.9. The lowest BCUT2D eigenvalue weighted by molar-refractivity contribution is -0.327. The standard InChI is InChI=1S/C16H28N2O11/c1-5(21)17-9-13(25)14(8(4-20)27-15(9)26)29-16-10(18-6(2)22)12(24)11(23)7(3-19)28-16/h7-16,19-20,23-26H,3-4H2,1-2H3,(H,17,21)(H,18,22)/t7?,8?,9?,10?,11-,12?,13?,14+,15-,16+/m1/s1. The molecule has 0 aromatic rings. The maximum Gasteiger partial charge on any atom is 0.217 e. The summed E-state index contributed by atoms with van der Waals surface area (Å²) in [6.07, 6.45) is -11.7. The molecule has 2 amide bonds. The van der Waals surface area contributed by atoms with E-state index < -0.39 is 86.3 Å². The van der Waals surface area contributed by atoms with Crippen LogP contribution in [0.3, 0.4) is 0 Å². The Kier molecular flexibility index (Phi) is 8.28. The van der Waals surface area contributed by atoms with Crippen molar-refractivity contribution in [3.8, 4) is 0 Å². The molecule has 8 N–H and O–H groups in total. The molecule has 2 saturated heterocycles. The maximum atomic E-state index is 11.5. The lowest BCUT2D eigenvalue weighted by atomic mass is 9.94. The van der Waals surface area contributed by atoms with Gasteiger partial charge >= 0.3 is 0 Å². The highest BCUT2D eigenvalue weighted by Gasteiger charge is 2.51. The van der Waals surface area contributed by atoms with Crippen LogP contribution in [0.5, 0.6) is 0 Å². The van der Waals surface area contributed by atoms with Gasteiger partial charge in [-0.1, -0.05) is 0 Å². The van der Waals surface area contributed by atoms with Crippen molar-refractivity contribution in [3.63, 3.8) is 0 Å². The van der Waals surface area contributed by atoms with E-state index in [0.717, 1.165) is 13.8 Å². The van der Waals surface area contributed by atoms with Gasteiger partial charge in [0.25, 0.3) is 0 Å². The van der Waals surface area contributed by atoms with Crippen LogP contribution in [-0.4, -0.2) is 117 Å². The van der Waals surface area contributed by atoms with Crippen molar-refractivity contribution in [2.24, 2.45) is 0 Å². The Hall–Kier alpha value is -1.42. The third kappa shape index (κ3) is 5.39. The third-order valence-electron chi connectivity index (χ3n) is 4.78. The van der Waals surface area contributed by atoms with Gasteiger partial charge in [-0.25, -0.2) is 0 Å². The van der Waals surface area contributed by atoms with Crippen molar-refractivity contribution in [1.29, 1.82) is 0 Å². The van der Waals surface area contributed by atoms with Crippen LogP contribution < -0.4 is 10.6 Å². The van der Waals surface area contributed by atoms with Gasteiger partial charge in [-0.05, 0) is 0 Å². The first-order valence-corrected chi connectivity index (χ1v) is 9.05. The average molecular weight is 424 g/mol. The number of hydrogen-bond acceptors (Lipinski definition) is 11. The summed E-state index contributed by atoms with van der Waals surface area (Å²) >= 11 is 0. The molecule has 13 nitrogen and oxygen atoms in total. The van der Waals surface area contributed by atoms with Crippen LogP contribution in [0.15, 0.2) is 0 Å². The molecule has 2 aliphatic heterocycles. The first kappa shape index (κ1) is 23.9. The van der Waals surface area contributed by atoms with E-state index in [1.165, 1.54) is 0 Å². The first-order valence-electron chi connectivity index (χ1n) is 9.05. The minimum atomic E-state index is -1.64. The largest absolute Gasteiger partial charge is 0.394 e. The van der Waals surface area contributed by atoms with Gasteiger partial charge in [0.2, 0.25) is 11.8 Å². The fourth-order valence-electron chi connectivity index (χ4n) is 3.38. The summed E-state index contributed by atoms with van der Waals surface area (Å²) in [7, 11) is 0. The molecular formula is C16H28N2O11. The lowest BCUT2D eigenvalue weighted by Crippen LogP contribution is -2.69. The summed E-state index contributed by atoms with van der Waals surface area (Å²) in [5.74, 6) is -1.14. The molecule has 2 heterocycles. The van der Waals surface area contributed by atoms with E-state index in [-0.39, 0.29) is 0 Å². The summed E-state index contributed by atoms with van der Waals surface area (Å²) < 4.78 is 16.3. The van der Waals surface area contributed by atoms with E-state index in [4.69, 9.17) is 14.2 Å². The number of carbonyl (C=O) groups excluding carboxylic acids is 2. The molecule has 29 heavy (non-hydrogen) atoms. The number of rotatable bonds is 6. The smallest absolute Gasteiger partial charge is 0.217 e. The second-order valence-corrected chi connectivity index (χ2v) is 7.00. The quantitative estimate of drug-likeness (QED) is 0.202. The second kappa shape index (κ2) is 10.1. The molecule has 0 bridgehead atoms. The van der Waals surface area contributed by atoms with Crippen molar-refractivity contribution in [3.05, 3.63) is 0 Å². The first-order chi connectivity index (χ1) is 13.6. The molecule has 0 radical (unpaired) electrons. The van der Waals surface area contributed by atoms with E-state index in [1.807, 2.05) is 0 Å². The summed E-state index contributed by atoms with van der Waals surface area (Å²) in [6.45, 7) is 0.962. The fourth-order valence-corrected chi connectivity index (χ4v) is 3.38. The zero-order valence-electron chi connectivity index (χ0n) is 15.9. The van der Waals surface area contributed by atoms with Gasteiger partial charge in [-0.2, -0.15) is 0 Å². The fraction of sp³-hybridized carbons (Fsp3) is 0.875. The molecule has 13 heteroatoms. The lowest BCUT2D eigenvalue weighted by Gasteiger charge is -2.47. The number of aliphatic hydroxyl groups is 6. The van der Waals surface area contributed by atoms with Crippen molar-refractivity contribution in [1.82, 2.24) is 10.6 Å². The number of amides is 2. The zero-order valence-corrected chi connectivity index (χ0v) is 15.9. The number of carbonyl (C=O) groups is 2. The highest BCUT2D eigenvalue weighted by molar-refractivity contribution is 5.73. The van der Waals surface area contributed by atoms with Crippen molar-refractivity contribution < 1.29 is 54.4 Å². The number of hydrogen-bond donors (Lipinski definition) is 8. The molecule has 2 fully saturated rings. The predicted octanol–water partition coefficient (Wildman–Crippen LogP) is -5.11. The molecule has 0 aliphatic carbocycles. The second-order valence-electron chi connectivity index (χ2n) is 7.00. The Balaban J connectivity index is 2.26. The molecule has 6 unspecified atom stereocenters. The Morgan fingerprint density at radius 3 is 1.90 bits per heavy atom. The number of ether oxygens (including phenoxy) is 3. The Morgan fingerprint density at radius 1 is 0.828 bits per heavy atom. The molecule has 168 valence electrons. The molecule has 0 spiro atoms. The van der Waals surface area contributed by atoms with Gasteiger partial charge in [0, 0.05) is 13.8 Å². The summed E-state index contributed by atoms with van der Waals surface area (Å²) in [6, 6.07) is -2.59. The Bertz CT molecular complexity index is 579. The van der Waals surface area contributed by atoms with Crippen LogP contribution in [0.25, 0.3) is 0 Å². The molecule has 10 atom stereocenters. The van der Waals surface area contributed by atoms with E-state index in [2.05, 4.69) is 10.6 Å². The van der Waals surface area contributed by atoms with Crippen molar-refractivity contribution in [2.75, 3.05) is 13.2 Å². The average Bonchev–Trinajstić information content (AvgIpc) is 2.65. The van der Waals surface area contributed by atoms with Gasteiger partial charge in [0.1, 0.15) is 48.7 Å². The Labute approximate surface area is 166 Å². The van der Waals surface area contributed by atoms with Crippen LogP contribution in [-0.2, 0) is 23.8 Å². The molecular weight excluding hydrogens is 396 g/mol. The monoisotopic (exact) mass is 424 g/mol. The topological polar surface area (TPSA) is 207 Å². The zero-order chi connectivity index (χ0) is 21.9. The highest BCUT2D eigenvalue weighted by Crippen LogP contribution is 2.28. The van der Waals surface area contributed by atoms with E-state index in [0.29, 0.717) is 0 Å². The summed E-state index contributed by atoms with van der Waals surface area (Å²) in [4.78, 5) is 22.8. The van der Waals surface area contributed by atoms with Gasteiger partial charge < -0.3 is 55.5 Å². The van der Waals surface area contributed by atoms with Gasteiger partial charge in [0.15, 0.2) is 12.6 Å². The SMILES string of the molecule is CC(=O)NC1C(O)[C@H](O)C(CO)O[C@H]1O[C@H]1C(CO)O[C@@H](O)C(NC(C)=O)C1O. The van der Waals surface area contributed by atoms with E-state index >= 15 is 0 Å². The van der Waals surface area contributed by atoms with Crippen LogP contribution in [0.4, 0.5) is 0 Å². The minimum absolute atomic E-state index is 0.568. The van der Waals surface area contributed by atoms with Gasteiger partial charge in [0.05, 0.1) is 13.2 Å². The van der Waals surface area contributed by atoms with Crippen LogP contribution >= 0.6 is 0 Å².